The summed E-state index contributed by atoms with van der Waals surface area (Å²) in [5, 5.41) is 3.26. The van der Waals surface area contributed by atoms with E-state index in [1.165, 1.54) is 0 Å². The third-order valence-electron chi connectivity index (χ3n) is 2.81. The van der Waals surface area contributed by atoms with Gasteiger partial charge in [-0.2, -0.15) is 0 Å². The highest BCUT2D eigenvalue weighted by Crippen LogP contribution is 2.29. The molecule has 2 nitrogen and oxygen atoms in total. The van der Waals surface area contributed by atoms with Crippen LogP contribution in [0.25, 0.3) is 0 Å². The minimum Gasteiger partial charge on any atom is -0.317 e. The van der Waals surface area contributed by atoms with Gasteiger partial charge in [-0.25, -0.2) is 0 Å². The van der Waals surface area contributed by atoms with Gasteiger partial charge in [0.2, 0.25) is 0 Å². The third-order valence-corrected chi connectivity index (χ3v) is 2.81. The van der Waals surface area contributed by atoms with Crippen molar-refractivity contribution in [2.75, 3.05) is 13.1 Å². The number of ketones is 1. The van der Waals surface area contributed by atoms with Gasteiger partial charge in [0.05, 0.1) is 6.42 Å². The normalized spacial score (nSPS) is 20.2. The molecule has 1 rings (SSSR count). The van der Waals surface area contributed by atoms with E-state index in [4.69, 9.17) is 0 Å². The van der Waals surface area contributed by atoms with Crippen LogP contribution in [0, 0.1) is 17.3 Å². The van der Waals surface area contributed by atoms with Gasteiger partial charge >= 0.3 is 0 Å². The molecule has 0 radical (unpaired) electrons. The Morgan fingerprint density at radius 1 is 1.46 bits per heavy atom. The van der Waals surface area contributed by atoms with E-state index in [0.29, 0.717) is 12.2 Å². The Kier molecular flexibility index (Phi) is 3.50. The molecule has 1 fully saturated rings. The molecule has 1 heterocycles. The van der Waals surface area contributed by atoms with Gasteiger partial charge in [-0.3, -0.25) is 4.79 Å². The Morgan fingerprint density at radius 3 is 2.62 bits per heavy atom. The fourth-order valence-electron chi connectivity index (χ4n) is 1.64. The lowest BCUT2D eigenvalue weighted by molar-refractivity contribution is -0.128. The van der Waals surface area contributed by atoms with Crippen molar-refractivity contribution in [2.24, 2.45) is 5.41 Å². The predicted octanol–water partition coefficient (Wildman–Crippen LogP) is 1.36. The van der Waals surface area contributed by atoms with Gasteiger partial charge in [-0.15, -0.1) is 5.92 Å². The van der Waals surface area contributed by atoms with Crippen LogP contribution in [0.5, 0.6) is 0 Å². The second-order valence-corrected chi connectivity index (χ2v) is 3.84. The Labute approximate surface area is 80.1 Å². The summed E-state index contributed by atoms with van der Waals surface area (Å²) >= 11 is 0. The van der Waals surface area contributed by atoms with Crippen molar-refractivity contribution in [1.82, 2.24) is 5.32 Å². The molecule has 0 aliphatic carbocycles. The zero-order chi connectivity index (χ0) is 9.73. The Morgan fingerprint density at radius 2 is 2.08 bits per heavy atom. The zero-order valence-electron chi connectivity index (χ0n) is 8.44. The van der Waals surface area contributed by atoms with Crippen LogP contribution in [0.15, 0.2) is 0 Å². The lowest BCUT2D eigenvalue weighted by atomic mass is 9.76. The van der Waals surface area contributed by atoms with Crippen molar-refractivity contribution in [3.05, 3.63) is 0 Å². The Balaban J connectivity index is 2.54. The highest BCUT2D eigenvalue weighted by molar-refractivity contribution is 5.86. The average molecular weight is 179 g/mol. The molecule has 0 saturated carbocycles. The van der Waals surface area contributed by atoms with E-state index in [0.717, 1.165) is 25.9 Å². The van der Waals surface area contributed by atoms with Crippen molar-refractivity contribution in [3.8, 4) is 11.8 Å². The van der Waals surface area contributed by atoms with Crippen LogP contribution in [0.1, 0.15) is 33.1 Å². The predicted molar refractivity (Wildman–Crippen MR) is 53.3 cm³/mol. The van der Waals surface area contributed by atoms with E-state index in [9.17, 15) is 4.79 Å². The van der Waals surface area contributed by atoms with E-state index in [-0.39, 0.29) is 5.41 Å². The number of Topliss-reactive ketones (excluding diaryl/α,β-unsaturated/α-hetero) is 1. The Bertz CT molecular complexity index is 241. The standard InChI is InChI=1S/C11H17NO/c1-3-4-5-10(13)11(2)6-8-12-9-7-11/h12H,5-9H2,1-2H3. The molecular formula is C11H17NO. The minimum atomic E-state index is -0.116. The summed E-state index contributed by atoms with van der Waals surface area (Å²) in [6.07, 6.45) is 2.33. The average Bonchev–Trinajstić information content (AvgIpc) is 2.15. The molecule has 0 amide bonds. The van der Waals surface area contributed by atoms with Crippen LogP contribution < -0.4 is 5.32 Å². The van der Waals surface area contributed by atoms with Gasteiger partial charge in [0.15, 0.2) is 5.78 Å². The number of piperidine rings is 1. The molecular weight excluding hydrogens is 162 g/mol. The number of carbonyl (C=O) groups excluding carboxylic acids is 1. The van der Waals surface area contributed by atoms with Crippen molar-refractivity contribution in [2.45, 2.75) is 33.1 Å². The van der Waals surface area contributed by atoms with Crippen LogP contribution in [0.3, 0.4) is 0 Å². The highest BCUT2D eigenvalue weighted by atomic mass is 16.1. The number of carbonyl (C=O) groups is 1. The van der Waals surface area contributed by atoms with Gasteiger partial charge in [-0.1, -0.05) is 12.8 Å². The number of nitrogens with one attached hydrogen (secondary N) is 1. The fourth-order valence-corrected chi connectivity index (χ4v) is 1.64. The van der Waals surface area contributed by atoms with Crippen molar-refractivity contribution in [1.29, 1.82) is 0 Å². The molecule has 0 spiro atoms. The highest BCUT2D eigenvalue weighted by Gasteiger charge is 2.33. The molecule has 1 N–H and O–H groups in total. The van der Waals surface area contributed by atoms with E-state index in [1.807, 2.05) is 0 Å². The van der Waals surface area contributed by atoms with Gasteiger partial charge < -0.3 is 5.32 Å². The molecule has 1 saturated heterocycles. The zero-order valence-corrected chi connectivity index (χ0v) is 8.44. The van der Waals surface area contributed by atoms with E-state index >= 15 is 0 Å². The smallest absolute Gasteiger partial charge is 0.150 e. The molecule has 0 bridgehead atoms. The van der Waals surface area contributed by atoms with Crippen LogP contribution >= 0.6 is 0 Å². The summed E-state index contributed by atoms with van der Waals surface area (Å²) in [4.78, 5) is 11.7. The molecule has 0 aromatic heterocycles. The molecule has 0 aromatic carbocycles. The second kappa shape index (κ2) is 4.43. The third kappa shape index (κ3) is 2.57. The first-order valence-electron chi connectivity index (χ1n) is 4.83. The summed E-state index contributed by atoms with van der Waals surface area (Å²) in [5.74, 6) is 5.93. The monoisotopic (exact) mass is 179 g/mol. The van der Waals surface area contributed by atoms with Crippen LogP contribution in [0.4, 0.5) is 0 Å². The summed E-state index contributed by atoms with van der Waals surface area (Å²) in [6.45, 7) is 5.76. The summed E-state index contributed by atoms with van der Waals surface area (Å²) < 4.78 is 0. The van der Waals surface area contributed by atoms with Crippen molar-refractivity contribution in [3.63, 3.8) is 0 Å². The van der Waals surface area contributed by atoms with Crippen LogP contribution in [-0.2, 0) is 4.79 Å². The summed E-state index contributed by atoms with van der Waals surface area (Å²) in [7, 11) is 0. The molecule has 1 aliphatic rings. The maximum absolute atomic E-state index is 11.7. The molecule has 0 aromatic rings. The van der Waals surface area contributed by atoms with E-state index < -0.39 is 0 Å². The molecule has 1 aliphatic heterocycles. The van der Waals surface area contributed by atoms with Crippen LogP contribution in [0.2, 0.25) is 0 Å². The molecule has 2 heteroatoms. The van der Waals surface area contributed by atoms with Gasteiger partial charge in [0.25, 0.3) is 0 Å². The first-order chi connectivity index (χ1) is 6.19. The number of hydrogen-bond donors (Lipinski definition) is 1. The topological polar surface area (TPSA) is 29.1 Å². The maximum atomic E-state index is 11.7. The van der Waals surface area contributed by atoms with E-state index in [1.54, 1.807) is 6.92 Å². The lowest BCUT2D eigenvalue weighted by Gasteiger charge is -2.31. The van der Waals surface area contributed by atoms with Crippen molar-refractivity contribution < 1.29 is 4.79 Å². The Hall–Kier alpha value is -0.810. The van der Waals surface area contributed by atoms with Crippen LogP contribution in [-0.4, -0.2) is 18.9 Å². The largest absolute Gasteiger partial charge is 0.317 e. The SMILES string of the molecule is CC#CCC(=O)C1(C)CCNCC1. The number of rotatable bonds is 2. The van der Waals surface area contributed by atoms with Gasteiger partial charge in [0.1, 0.15) is 0 Å². The first kappa shape index (κ1) is 10.3. The fraction of sp³-hybridized carbons (Fsp3) is 0.727. The summed E-state index contributed by atoms with van der Waals surface area (Å²) in [5.41, 5.74) is -0.116. The maximum Gasteiger partial charge on any atom is 0.150 e. The van der Waals surface area contributed by atoms with Gasteiger partial charge in [0, 0.05) is 5.41 Å². The molecule has 72 valence electrons. The quantitative estimate of drug-likeness (QED) is 0.648. The first-order valence-corrected chi connectivity index (χ1v) is 4.83. The van der Waals surface area contributed by atoms with E-state index in [2.05, 4.69) is 24.1 Å². The minimum absolute atomic E-state index is 0.116. The molecule has 0 unspecified atom stereocenters. The molecule has 0 atom stereocenters. The number of hydrogen-bond acceptors (Lipinski definition) is 2. The summed E-state index contributed by atoms with van der Waals surface area (Å²) in [6, 6.07) is 0. The lowest BCUT2D eigenvalue weighted by Crippen LogP contribution is -2.39. The second-order valence-electron chi connectivity index (χ2n) is 3.84. The van der Waals surface area contributed by atoms with Gasteiger partial charge in [-0.05, 0) is 32.9 Å². The molecule has 13 heavy (non-hydrogen) atoms. The van der Waals surface area contributed by atoms with Crippen molar-refractivity contribution >= 4 is 5.78 Å².